The molecular formula is C19H24N6O3S. The van der Waals surface area contributed by atoms with Crippen LogP contribution in [0.25, 0.3) is 11.4 Å². The molecule has 0 aromatic carbocycles. The molecule has 0 atom stereocenters. The molecule has 29 heavy (non-hydrogen) atoms. The van der Waals surface area contributed by atoms with Crippen LogP contribution in [-0.2, 0) is 24.2 Å². The van der Waals surface area contributed by atoms with Crippen molar-refractivity contribution in [2.75, 3.05) is 26.2 Å². The highest BCUT2D eigenvalue weighted by atomic mass is 32.1. The first kappa shape index (κ1) is 19.7. The van der Waals surface area contributed by atoms with Gasteiger partial charge in [-0.05, 0) is 17.9 Å². The van der Waals surface area contributed by atoms with E-state index in [0.29, 0.717) is 55.9 Å². The van der Waals surface area contributed by atoms with Crippen LogP contribution >= 0.6 is 11.3 Å². The molecule has 1 fully saturated rings. The van der Waals surface area contributed by atoms with Crippen LogP contribution in [0.1, 0.15) is 37.4 Å². The summed E-state index contributed by atoms with van der Waals surface area (Å²) >= 11 is 1.61. The maximum absolute atomic E-state index is 12.5. The van der Waals surface area contributed by atoms with Crippen LogP contribution in [0.2, 0.25) is 0 Å². The number of carbonyl (C=O) groups is 1. The van der Waals surface area contributed by atoms with Crippen LogP contribution < -0.4 is 0 Å². The standard InChI is InChI=1S/C19H24N6O3S/c1-2-3-15-20-16(27-22-15)4-5-18(26)25-9-7-24(8-10-25)12-17-21-19(23-28-17)14-6-11-29-13-14/h6,11,13H,2-5,7-10,12H2,1H3. The van der Waals surface area contributed by atoms with Gasteiger partial charge in [0.25, 0.3) is 0 Å². The summed E-state index contributed by atoms with van der Waals surface area (Å²) in [6, 6.07) is 1.97. The lowest BCUT2D eigenvalue weighted by molar-refractivity contribution is -0.133. The number of piperazine rings is 1. The van der Waals surface area contributed by atoms with Gasteiger partial charge in [-0.15, -0.1) is 0 Å². The lowest BCUT2D eigenvalue weighted by Crippen LogP contribution is -2.48. The summed E-state index contributed by atoms with van der Waals surface area (Å²) in [6.45, 7) is 5.61. The molecule has 0 N–H and O–H groups in total. The number of aromatic nitrogens is 4. The number of nitrogens with zero attached hydrogens (tertiary/aromatic N) is 6. The van der Waals surface area contributed by atoms with E-state index in [1.807, 2.05) is 21.7 Å². The fraction of sp³-hybridized carbons (Fsp3) is 0.526. The van der Waals surface area contributed by atoms with Gasteiger partial charge in [0.1, 0.15) is 0 Å². The summed E-state index contributed by atoms with van der Waals surface area (Å²) in [7, 11) is 0. The highest BCUT2D eigenvalue weighted by Crippen LogP contribution is 2.19. The maximum atomic E-state index is 12.5. The average Bonchev–Trinajstić information content (AvgIpc) is 3.49. The zero-order valence-corrected chi connectivity index (χ0v) is 17.2. The molecule has 3 aromatic rings. The van der Waals surface area contributed by atoms with E-state index >= 15 is 0 Å². The molecule has 0 aliphatic carbocycles. The van der Waals surface area contributed by atoms with Crippen molar-refractivity contribution in [1.29, 1.82) is 0 Å². The Kier molecular flexibility index (Phi) is 6.30. The Morgan fingerprint density at radius 1 is 1.10 bits per heavy atom. The van der Waals surface area contributed by atoms with Gasteiger partial charge in [0.05, 0.1) is 6.54 Å². The Hall–Kier alpha value is -2.59. The summed E-state index contributed by atoms with van der Waals surface area (Å²) in [6.07, 6.45) is 2.65. The normalized spacial score (nSPS) is 15.1. The van der Waals surface area contributed by atoms with Gasteiger partial charge < -0.3 is 13.9 Å². The van der Waals surface area contributed by atoms with Crippen molar-refractivity contribution in [3.8, 4) is 11.4 Å². The molecule has 0 unspecified atom stereocenters. The van der Waals surface area contributed by atoms with E-state index in [2.05, 4.69) is 32.1 Å². The minimum atomic E-state index is 0.123. The number of amides is 1. The Balaban J connectivity index is 1.21. The van der Waals surface area contributed by atoms with Crippen molar-refractivity contribution >= 4 is 17.2 Å². The highest BCUT2D eigenvalue weighted by molar-refractivity contribution is 7.08. The first-order chi connectivity index (χ1) is 14.2. The zero-order valence-electron chi connectivity index (χ0n) is 16.4. The minimum absolute atomic E-state index is 0.123. The number of hydrogen-bond acceptors (Lipinski definition) is 9. The van der Waals surface area contributed by atoms with Gasteiger partial charge in [-0.25, -0.2) is 0 Å². The van der Waals surface area contributed by atoms with Crippen LogP contribution in [-0.4, -0.2) is 62.2 Å². The number of hydrogen-bond donors (Lipinski definition) is 0. The van der Waals surface area contributed by atoms with Crippen molar-refractivity contribution in [2.45, 2.75) is 39.2 Å². The topological polar surface area (TPSA) is 101 Å². The first-order valence-electron chi connectivity index (χ1n) is 9.88. The molecular weight excluding hydrogens is 392 g/mol. The molecule has 1 saturated heterocycles. The molecule has 1 amide bonds. The summed E-state index contributed by atoms with van der Waals surface area (Å²) in [4.78, 5) is 25.4. The quantitative estimate of drug-likeness (QED) is 0.552. The summed E-state index contributed by atoms with van der Waals surface area (Å²) in [5.74, 6) is 2.60. The second-order valence-corrected chi connectivity index (χ2v) is 7.82. The molecule has 9 nitrogen and oxygen atoms in total. The predicted molar refractivity (Wildman–Crippen MR) is 106 cm³/mol. The summed E-state index contributed by atoms with van der Waals surface area (Å²) < 4.78 is 10.6. The lowest BCUT2D eigenvalue weighted by atomic mass is 10.2. The third-order valence-corrected chi connectivity index (χ3v) is 5.55. The molecule has 0 spiro atoms. The molecule has 1 aliphatic rings. The van der Waals surface area contributed by atoms with E-state index in [-0.39, 0.29) is 5.91 Å². The molecule has 0 saturated carbocycles. The molecule has 3 aromatic heterocycles. The van der Waals surface area contributed by atoms with Crippen molar-refractivity contribution in [1.82, 2.24) is 30.1 Å². The minimum Gasteiger partial charge on any atom is -0.340 e. The van der Waals surface area contributed by atoms with Gasteiger partial charge in [0.2, 0.25) is 23.5 Å². The molecule has 10 heteroatoms. The largest absolute Gasteiger partial charge is 0.340 e. The first-order valence-corrected chi connectivity index (χ1v) is 10.8. The van der Waals surface area contributed by atoms with Crippen LogP contribution in [0.5, 0.6) is 0 Å². The summed E-state index contributed by atoms with van der Waals surface area (Å²) in [5.41, 5.74) is 0.975. The second kappa shape index (κ2) is 9.27. The van der Waals surface area contributed by atoms with Crippen molar-refractivity contribution in [2.24, 2.45) is 0 Å². The van der Waals surface area contributed by atoms with Crippen molar-refractivity contribution < 1.29 is 13.8 Å². The zero-order chi connectivity index (χ0) is 20.1. The molecule has 0 radical (unpaired) electrons. The number of carbonyl (C=O) groups excluding carboxylic acids is 1. The molecule has 154 valence electrons. The maximum Gasteiger partial charge on any atom is 0.241 e. The van der Waals surface area contributed by atoms with Gasteiger partial charge >= 0.3 is 0 Å². The van der Waals surface area contributed by atoms with E-state index in [0.717, 1.165) is 31.5 Å². The number of rotatable bonds is 8. The fourth-order valence-corrected chi connectivity index (χ4v) is 3.90. The van der Waals surface area contributed by atoms with Crippen LogP contribution in [0.3, 0.4) is 0 Å². The van der Waals surface area contributed by atoms with Crippen molar-refractivity contribution in [3.63, 3.8) is 0 Å². The lowest BCUT2D eigenvalue weighted by Gasteiger charge is -2.33. The SMILES string of the molecule is CCCc1noc(CCC(=O)N2CCN(Cc3nc(-c4ccsc4)no3)CC2)n1. The summed E-state index contributed by atoms with van der Waals surface area (Å²) in [5, 5.41) is 12.0. The number of thiophene rings is 1. The molecule has 4 heterocycles. The van der Waals surface area contributed by atoms with Crippen LogP contribution in [0, 0.1) is 0 Å². The van der Waals surface area contributed by atoms with Gasteiger partial charge in [0.15, 0.2) is 5.82 Å². The fourth-order valence-electron chi connectivity index (χ4n) is 3.26. The Labute approximate surface area is 172 Å². The Morgan fingerprint density at radius 3 is 2.69 bits per heavy atom. The van der Waals surface area contributed by atoms with E-state index in [1.54, 1.807) is 11.3 Å². The van der Waals surface area contributed by atoms with Gasteiger partial charge in [0, 0.05) is 56.4 Å². The van der Waals surface area contributed by atoms with E-state index in [1.165, 1.54) is 0 Å². The van der Waals surface area contributed by atoms with Crippen molar-refractivity contribution in [3.05, 3.63) is 34.4 Å². The monoisotopic (exact) mass is 416 g/mol. The van der Waals surface area contributed by atoms with Crippen LogP contribution in [0.15, 0.2) is 25.9 Å². The molecule has 0 bridgehead atoms. The van der Waals surface area contributed by atoms with Gasteiger partial charge in [-0.3, -0.25) is 9.69 Å². The molecule has 1 aliphatic heterocycles. The molecule has 4 rings (SSSR count). The number of aryl methyl sites for hydroxylation is 2. The third-order valence-electron chi connectivity index (χ3n) is 4.87. The predicted octanol–water partition coefficient (Wildman–Crippen LogP) is 2.41. The van der Waals surface area contributed by atoms with E-state index in [9.17, 15) is 4.79 Å². The van der Waals surface area contributed by atoms with Gasteiger partial charge in [-0.2, -0.15) is 21.3 Å². The highest BCUT2D eigenvalue weighted by Gasteiger charge is 2.23. The smallest absolute Gasteiger partial charge is 0.241 e. The average molecular weight is 417 g/mol. The van der Waals surface area contributed by atoms with Crippen LogP contribution in [0.4, 0.5) is 0 Å². The Morgan fingerprint density at radius 2 is 1.93 bits per heavy atom. The second-order valence-electron chi connectivity index (χ2n) is 7.04. The Bertz CT molecular complexity index is 914. The van der Waals surface area contributed by atoms with Gasteiger partial charge in [-0.1, -0.05) is 17.2 Å². The van der Waals surface area contributed by atoms with E-state index < -0.39 is 0 Å². The van der Waals surface area contributed by atoms with E-state index in [4.69, 9.17) is 9.05 Å². The third kappa shape index (κ3) is 5.07.